The Bertz CT molecular complexity index is 1260. The quantitative estimate of drug-likeness (QED) is 0.169. The number of amides is 3. The van der Waals surface area contributed by atoms with Gasteiger partial charge < -0.3 is 30.1 Å². The molecule has 0 spiro atoms. The van der Waals surface area contributed by atoms with Gasteiger partial charge in [-0.25, -0.2) is 4.79 Å². The number of rotatable bonds is 14. The van der Waals surface area contributed by atoms with Crippen LogP contribution in [0.1, 0.15) is 76.1 Å². The van der Waals surface area contributed by atoms with Gasteiger partial charge in [-0.2, -0.15) is 0 Å². The van der Waals surface area contributed by atoms with Crippen LogP contribution in [-0.4, -0.2) is 65.7 Å². The Morgan fingerprint density at radius 3 is 2.21 bits per heavy atom. The number of nitrogens with zero attached hydrogens (tertiary/aromatic N) is 1. The van der Waals surface area contributed by atoms with Crippen LogP contribution in [0.4, 0.5) is 4.79 Å². The normalized spacial score (nSPS) is 12.3. The van der Waals surface area contributed by atoms with Gasteiger partial charge in [0.1, 0.15) is 30.0 Å². The van der Waals surface area contributed by atoms with Gasteiger partial charge in [0.25, 0.3) is 0 Å². The van der Waals surface area contributed by atoms with E-state index in [0.717, 1.165) is 19.3 Å². The van der Waals surface area contributed by atoms with Gasteiger partial charge >= 0.3 is 12.1 Å². The van der Waals surface area contributed by atoms with E-state index in [-0.39, 0.29) is 25.3 Å². The van der Waals surface area contributed by atoms with Gasteiger partial charge in [0.05, 0.1) is 7.11 Å². The Kier molecular flexibility index (Phi) is 13.6. The molecule has 232 valence electrons. The maximum Gasteiger partial charge on any atom is 0.408 e. The zero-order chi connectivity index (χ0) is 32.0. The largest absolute Gasteiger partial charge is 0.508 e. The maximum atomic E-state index is 14.4. The van der Waals surface area contributed by atoms with Gasteiger partial charge in [-0.1, -0.05) is 56.4 Å². The highest BCUT2D eigenvalue weighted by atomic mass is 16.6. The topological polar surface area (TPSA) is 134 Å². The number of carbonyl (C=O) groups excluding carboxylic acids is 4. The molecule has 2 rings (SSSR count). The molecule has 0 saturated carbocycles. The number of nitrogens with one attached hydrogen (secondary N) is 2. The fourth-order valence-corrected chi connectivity index (χ4v) is 4.36. The molecule has 0 saturated heterocycles. The van der Waals surface area contributed by atoms with E-state index >= 15 is 0 Å². The number of aromatic hydroxyl groups is 1. The Morgan fingerprint density at radius 1 is 1.00 bits per heavy atom. The first-order chi connectivity index (χ1) is 20.4. The lowest BCUT2D eigenvalue weighted by Crippen LogP contribution is -2.54. The molecule has 0 fully saturated rings. The summed E-state index contributed by atoms with van der Waals surface area (Å²) >= 11 is 0. The number of hydrogen-bond donors (Lipinski definition) is 3. The summed E-state index contributed by atoms with van der Waals surface area (Å²) in [5.74, 6) is 0.837. The first-order valence-electron chi connectivity index (χ1n) is 14.4. The predicted molar refractivity (Wildman–Crippen MR) is 163 cm³/mol. The highest BCUT2D eigenvalue weighted by molar-refractivity contribution is 5.93. The maximum absolute atomic E-state index is 14.4. The zero-order valence-electron chi connectivity index (χ0n) is 25.6. The van der Waals surface area contributed by atoms with Crippen LogP contribution >= 0.6 is 0 Å². The SMILES string of the molecule is C#Cc1ccc(C(C(=O)NCC(=O)OC)N(CCCCCC)C(=O)C(Cc2ccc(O)cc2)NC(=O)OC(C)(C)C)cc1. The zero-order valence-corrected chi connectivity index (χ0v) is 25.6. The van der Waals surface area contributed by atoms with Crippen LogP contribution < -0.4 is 10.6 Å². The highest BCUT2D eigenvalue weighted by Gasteiger charge is 2.36. The van der Waals surface area contributed by atoms with Crippen molar-refractivity contribution in [2.45, 2.75) is 77.5 Å². The molecule has 10 nitrogen and oxygen atoms in total. The summed E-state index contributed by atoms with van der Waals surface area (Å²) in [5, 5.41) is 15.0. The van der Waals surface area contributed by atoms with E-state index < -0.39 is 41.6 Å². The molecule has 2 aromatic carbocycles. The van der Waals surface area contributed by atoms with Crippen molar-refractivity contribution in [3.8, 4) is 18.1 Å². The van der Waals surface area contributed by atoms with E-state index in [1.807, 2.05) is 0 Å². The third-order valence-corrected chi connectivity index (χ3v) is 6.49. The minimum absolute atomic E-state index is 0.0574. The second-order valence-corrected chi connectivity index (χ2v) is 11.1. The number of phenolic OH excluding ortho intramolecular Hbond substituents is 1. The van der Waals surface area contributed by atoms with Crippen LogP contribution in [-0.2, 0) is 30.3 Å². The molecule has 0 aliphatic heterocycles. The summed E-state index contributed by atoms with van der Waals surface area (Å²) in [4.78, 5) is 54.3. The number of unbranched alkanes of at least 4 members (excludes halogenated alkanes) is 3. The molecule has 3 amide bonds. The summed E-state index contributed by atoms with van der Waals surface area (Å²) < 4.78 is 10.1. The van der Waals surface area contributed by atoms with Crippen LogP contribution in [0.15, 0.2) is 48.5 Å². The number of methoxy groups -OCH3 is 1. The lowest BCUT2D eigenvalue weighted by Gasteiger charge is -2.34. The number of terminal acetylenes is 1. The molecule has 0 aromatic heterocycles. The minimum atomic E-state index is -1.15. The van der Waals surface area contributed by atoms with Crippen molar-refractivity contribution in [1.82, 2.24) is 15.5 Å². The molecule has 0 radical (unpaired) electrons. The first-order valence-corrected chi connectivity index (χ1v) is 14.4. The molecule has 10 heteroatoms. The van der Waals surface area contributed by atoms with Crippen molar-refractivity contribution in [2.75, 3.05) is 20.2 Å². The van der Waals surface area contributed by atoms with Gasteiger partial charge in [-0.15, -0.1) is 6.42 Å². The average molecular weight is 594 g/mol. The summed E-state index contributed by atoms with van der Waals surface area (Å²) in [6, 6.07) is 10.7. The van der Waals surface area contributed by atoms with Crippen molar-refractivity contribution in [1.29, 1.82) is 0 Å². The van der Waals surface area contributed by atoms with Gasteiger partial charge in [0.2, 0.25) is 11.8 Å². The van der Waals surface area contributed by atoms with E-state index in [9.17, 15) is 24.3 Å². The Labute approximate surface area is 254 Å². The molecule has 3 N–H and O–H groups in total. The number of esters is 1. The lowest BCUT2D eigenvalue weighted by molar-refractivity contribution is -0.144. The van der Waals surface area contributed by atoms with Crippen molar-refractivity contribution in [3.63, 3.8) is 0 Å². The third-order valence-electron chi connectivity index (χ3n) is 6.49. The molecule has 2 atom stereocenters. The van der Waals surface area contributed by atoms with Crippen molar-refractivity contribution < 1.29 is 33.8 Å². The van der Waals surface area contributed by atoms with E-state index in [4.69, 9.17) is 11.2 Å². The molecule has 0 heterocycles. The minimum Gasteiger partial charge on any atom is -0.508 e. The number of carbonyl (C=O) groups is 4. The fourth-order valence-electron chi connectivity index (χ4n) is 4.36. The summed E-state index contributed by atoms with van der Waals surface area (Å²) in [7, 11) is 1.21. The fraction of sp³-hybridized carbons (Fsp3) is 0.455. The molecule has 43 heavy (non-hydrogen) atoms. The van der Waals surface area contributed by atoms with E-state index in [1.54, 1.807) is 57.2 Å². The van der Waals surface area contributed by atoms with E-state index in [0.29, 0.717) is 23.1 Å². The monoisotopic (exact) mass is 593 g/mol. The predicted octanol–water partition coefficient (Wildman–Crippen LogP) is 4.25. The number of phenols is 1. The van der Waals surface area contributed by atoms with Crippen LogP contribution in [0.25, 0.3) is 0 Å². The van der Waals surface area contributed by atoms with Crippen molar-refractivity contribution >= 4 is 23.9 Å². The van der Waals surface area contributed by atoms with Crippen LogP contribution in [0.5, 0.6) is 5.75 Å². The van der Waals surface area contributed by atoms with Crippen LogP contribution in [0.2, 0.25) is 0 Å². The Hall–Kier alpha value is -4.52. The second kappa shape index (κ2) is 16.8. The molecular weight excluding hydrogens is 550 g/mol. The van der Waals surface area contributed by atoms with Crippen LogP contribution in [0, 0.1) is 12.3 Å². The Balaban J connectivity index is 2.58. The summed E-state index contributed by atoms with van der Waals surface area (Å²) in [6.07, 6.45) is 8.12. The second-order valence-electron chi connectivity index (χ2n) is 11.1. The summed E-state index contributed by atoms with van der Waals surface area (Å²) in [5.41, 5.74) is 0.926. The van der Waals surface area contributed by atoms with Gasteiger partial charge in [-0.3, -0.25) is 14.4 Å². The number of hydrogen-bond acceptors (Lipinski definition) is 7. The summed E-state index contributed by atoms with van der Waals surface area (Å²) in [6.45, 7) is 7.02. The number of benzene rings is 2. The third kappa shape index (κ3) is 11.7. The van der Waals surface area contributed by atoms with E-state index in [1.165, 1.54) is 24.1 Å². The smallest absolute Gasteiger partial charge is 0.408 e. The van der Waals surface area contributed by atoms with Gasteiger partial charge in [0.15, 0.2) is 0 Å². The average Bonchev–Trinajstić information content (AvgIpc) is 2.97. The molecule has 0 aliphatic carbocycles. The highest BCUT2D eigenvalue weighted by Crippen LogP contribution is 2.25. The van der Waals surface area contributed by atoms with Gasteiger partial charge in [-0.05, 0) is 62.6 Å². The van der Waals surface area contributed by atoms with Gasteiger partial charge in [0, 0.05) is 18.5 Å². The molecular formula is C33H43N3O7. The number of alkyl carbamates (subject to hydrolysis) is 1. The standard InChI is InChI=1S/C33H43N3O7/c1-7-9-10-11-20-36(29(30(39)34-22-28(38)42-6)25-16-12-23(8-2)13-17-25)31(40)27(35-32(41)43-33(3,4)5)21-24-14-18-26(37)19-15-24/h2,12-19,27,29,37H,7,9-11,20-22H2,1,3-6H3,(H,34,39)(H,35,41). The molecule has 2 unspecified atom stereocenters. The molecule has 0 aliphatic rings. The Morgan fingerprint density at radius 2 is 1.65 bits per heavy atom. The molecule has 0 bridgehead atoms. The van der Waals surface area contributed by atoms with Crippen molar-refractivity contribution in [2.24, 2.45) is 0 Å². The van der Waals surface area contributed by atoms with Crippen LogP contribution in [0.3, 0.4) is 0 Å². The van der Waals surface area contributed by atoms with E-state index in [2.05, 4.69) is 28.2 Å². The lowest BCUT2D eigenvalue weighted by atomic mass is 9.99. The molecule has 2 aromatic rings. The van der Waals surface area contributed by atoms with Crippen molar-refractivity contribution in [3.05, 3.63) is 65.2 Å². The number of ether oxygens (including phenoxy) is 2. The first kappa shape index (κ1) is 34.7.